The second-order valence-electron chi connectivity index (χ2n) is 6.29. The third-order valence-electron chi connectivity index (χ3n) is 4.66. The van der Waals surface area contributed by atoms with Gasteiger partial charge in [-0.15, -0.1) is 0 Å². The Balaban J connectivity index is 1.52. The Kier molecular flexibility index (Phi) is 4.88. The molecule has 0 saturated carbocycles. The number of hydrogen-bond donors (Lipinski definition) is 1. The first-order valence-corrected chi connectivity index (χ1v) is 8.84. The number of hydrogen-bond acceptors (Lipinski definition) is 8. The first-order chi connectivity index (χ1) is 13.7. The number of anilines is 2. The van der Waals surface area contributed by atoms with Crippen LogP contribution in [0, 0.1) is 0 Å². The van der Waals surface area contributed by atoms with Gasteiger partial charge in [0.1, 0.15) is 11.5 Å². The van der Waals surface area contributed by atoms with Gasteiger partial charge in [0.05, 0.1) is 38.2 Å². The first-order valence-electron chi connectivity index (χ1n) is 8.84. The number of carbonyl (C=O) groups is 1. The number of amides is 1. The SMILES string of the molecule is COC(=O)N1CCCC1c1cnc(Nc2ccc(-c3cnco3)c(OC)c2)o1. The van der Waals surface area contributed by atoms with Crippen LogP contribution >= 0.6 is 0 Å². The molecule has 0 spiro atoms. The van der Waals surface area contributed by atoms with E-state index in [1.54, 1.807) is 24.4 Å². The second-order valence-corrected chi connectivity index (χ2v) is 6.29. The number of methoxy groups -OCH3 is 2. The van der Waals surface area contributed by atoms with Gasteiger partial charge < -0.3 is 23.6 Å². The highest BCUT2D eigenvalue weighted by atomic mass is 16.5. The average Bonchev–Trinajstić information content (AvgIpc) is 3.47. The fourth-order valence-electron chi connectivity index (χ4n) is 3.34. The van der Waals surface area contributed by atoms with E-state index in [0.29, 0.717) is 29.8 Å². The van der Waals surface area contributed by atoms with E-state index >= 15 is 0 Å². The molecule has 2 aromatic heterocycles. The Morgan fingerprint density at radius 1 is 1.32 bits per heavy atom. The molecule has 9 heteroatoms. The normalized spacial score (nSPS) is 16.2. The summed E-state index contributed by atoms with van der Waals surface area (Å²) in [6.45, 7) is 0.640. The number of likely N-dealkylation sites (tertiary alicyclic amines) is 1. The van der Waals surface area contributed by atoms with Gasteiger partial charge in [-0.3, -0.25) is 4.90 Å². The van der Waals surface area contributed by atoms with Crippen molar-refractivity contribution in [2.45, 2.75) is 18.9 Å². The van der Waals surface area contributed by atoms with Crippen molar-refractivity contribution in [2.24, 2.45) is 0 Å². The fraction of sp³-hybridized carbons (Fsp3) is 0.316. The third-order valence-corrected chi connectivity index (χ3v) is 4.66. The summed E-state index contributed by atoms with van der Waals surface area (Å²) in [4.78, 5) is 21.8. The van der Waals surface area contributed by atoms with Crippen LogP contribution in [0.1, 0.15) is 24.6 Å². The summed E-state index contributed by atoms with van der Waals surface area (Å²) in [6, 6.07) is 5.71. The predicted octanol–water partition coefficient (Wildman–Crippen LogP) is 3.99. The molecular weight excluding hydrogens is 364 g/mol. The summed E-state index contributed by atoms with van der Waals surface area (Å²) in [5.41, 5.74) is 1.53. The Hall–Kier alpha value is -3.49. The molecule has 1 aromatic carbocycles. The maximum Gasteiger partial charge on any atom is 0.410 e. The average molecular weight is 384 g/mol. The molecule has 1 unspecified atom stereocenters. The lowest BCUT2D eigenvalue weighted by Crippen LogP contribution is -2.30. The van der Waals surface area contributed by atoms with E-state index in [4.69, 9.17) is 18.3 Å². The van der Waals surface area contributed by atoms with Crippen LogP contribution < -0.4 is 10.1 Å². The van der Waals surface area contributed by atoms with Crippen molar-refractivity contribution in [1.29, 1.82) is 0 Å². The summed E-state index contributed by atoms with van der Waals surface area (Å²) in [5, 5.41) is 3.11. The molecular formula is C19H20N4O5. The van der Waals surface area contributed by atoms with E-state index in [-0.39, 0.29) is 12.1 Å². The van der Waals surface area contributed by atoms with E-state index in [1.165, 1.54) is 13.5 Å². The van der Waals surface area contributed by atoms with Gasteiger partial charge in [0, 0.05) is 18.3 Å². The lowest BCUT2D eigenvalue weighted by atomic mass is 10.1. The molecule has 1 aliphatic rings. The van der Waals surface area contributed by atoms with Crippen LogP contribution in [-0.4, -0.2) is 41.7 Å². The van der Waals surface area contributed by atoms with Crippen LogP contribution in [0.2, 0.25) is 0 Å². The van der Waals surface area contributed by atoms with Gasteiger partial charge in [-0.05, 0) is 25.0 Å². The van der Waals surface area contributed by atoms with Gasteiger partial charge >= 0.3 is 6.09 Å². The van der Waals surface area contributed by atoms with E-state index in [2.05, 4.69) is 15.3 Å². The number of nitrogens with zero attached hydrogens (tertiary/aromatic N) is 3. The van der Waals surface area contributed by atoms with E-state index < -0.39 is 0 Å². The van der Waals surface area contributed by atoms with Gasteiger partial charge in [0.25, 0.3) is 6.01 Å². The molecule has 1 aliphatic heterocycles. The number of oxazole rings is 2. The second kappa shape index (κ2) is 7.63. The van der Waals surface area contributed by atoms with Gasteiger partial charge in [-0.25, -0.2) is 14.8 Å². The molecule has 0 radical (unpaired) electrons. The molecule has 1 amide bonds. The van der Waals surface area contributed by atoms with Gasteiger partial charge in [0.2, 0.25) is 0 Å². The lowest BCUT2D eigenvalue weighted by molar-refractivity contribution is 0.115. The minimum Gasteiger partial charge on any atom is -0.496 e. The Morgan fingerprint density at radius 3 is 2.96 bits per heavy atom. The molecule has 0 aliphatic carbocycles. The standard InChI is InChI=1S/C19H20N4O5/c1-25-15-8-12(5-6-13(15)16-9-20-11-27-16)22-18-21-10-17(28-18)14-4-3-7-23(14)19(24)26-2/h5-6,8-11,14H,3-4,7H2,1-2H3,(H,21,22). The van der Waals surface area contributed by atoms with Crippen LogP contribution in [0.25, 0.3) is 11.3 Å². The van der Waals surface area contributed by atoms with Crippen molar-refractivity contribution < 1.29 is 23.1 Å². The number of carbonyl (C=O) groups excluding carboxylic acids is 1. The van der Waals surface area contributed by atoms with E-state index in [0.717, 1.165) is 24.1 Å². The van der Waals surface area contributed by atoms with Crippen LogP contribution in [0.4, 0.5) is 16.5 Å². The summed E-state index contributed by atoms with van der Waals surface area (Å²) < 4.78 is 21.5. The monoisotopic (exact) mass is 384 g/mol. The third kappa shape index (κ3) is 3.38. The maximum atomic E-state index is 11.9. The largest absolute Gasteiger partial charge is 0.496 e. The summed E-state index contributed by atoms with van der Waals surface area (Å²) >= 11 is 0. The molecule has 1 fully saturated rings. The maximum absolute atomic E-state index is 11.9. The van der Waals surface area contributed by atoms with Gasteiger partial charge in [-0.2, -0.15) is 0 Å². The number of aromatic nitrogens is 2. The van der Waals surface area contributed by atoms with Crippen LogP contribution in [0.15, 0.2) is 45.8 Å². The number of rotatable bonds is 5. The molecule has 3 aromatic rings. The minimum atomic E-state index is -0.360. The van der Waals surface area contributed by atoms with E-state index in [1.807, 2.05) is 18.2 Å². The molecule has 146 valence electrons. The smallest absolute Gasteiger partial charge is 0.410 e. The Labute approximate surface area is 161 Å². The predicted molar refractivity (Wildman–Crippen MR) is 99.4 cm³/mol. The zero-order valence-corrected chi connectivity index (χ0v) is 15.5. The lowest BCUT2D eigenvalue weighted by Gasteiger charge is -2.20. The highest BCUT2D eigenvalue weighted by Gasteiger charge is 2.33. The summed E-state index contributed by atoms with van der Waals surface area (Å²) in [5.74, 6) is 1.86. The molecule has 0 bridgehead atoms. The van der Waals surface area contributed by atoms with Crippen molar-refractivity contribution in [3.05, 3.63) is 42.7 Å². The Bertz CT molecular complexity index is 953. The van der Waals surface area contributed by atoms with Crippen molar-refractivity contribution in [2.75, 3.05) is 26.1 Å². The zero-order valence-electron chi connectivity index (χ0n) is 15.5. The van der Waals surface area contributed by atoms with Crippen LogP contribution in [0.5, 0.6) is 5.75 Å². The topological polar surface area (TPSA) is 103 Å². The van der Waals surface area contributed by atoms with Crippen LogP contribution in [-0.2, 0) is 4.74 Å². The zero-order chi connectivity index (χ0) is 19.5. The number of benzene rings is 1. The molecule has 9 nitrogen and oxygen atoms in total. The van der Waals surface area contributed by atoms with Gasteiger partial charge in [-0.1, -0.05) is 0 Å². The van der Waals surface area contributed by atoms with Crippen molar-refractivity contribution in [3.63, 3.8) is 0 Å². The first kappa shape index (κ1) is 17.9. The molecule has 1 saturated heterocycles. The quantitative estimate of drug-likeness (QED) is 0.704. The van der Waals surface area contributed by atoms with E-state index in [9.17, 15) is 4.79 Å². The number of nitrogens with one attached hydrogen (secondary N) is 1. The molecule has 3 heterocycles. The summed E-state index contributed by atoms with van der Waals surface area (Å²) in [7, 11) is 2.96. The summed E-state index contributed by atoms with van der Waals surface area (Å²) in [6.07, 6.45) is 5.97. The molecule has 1 atom stereocenters. The van der Waals surface area contributed by atoms with Gasteiger partial charge in [0.15, 0.2) is 12.2 Å². The fourth-order valence-corrected chi connectivity index (χ4v) is 3.34. The highest BCUT2D eigenvalue weighted by molar-refractivity contribution is 5.71. The molecule has 4 rings (SSSR count). The number of ether oxygens (including phenoxy) is 2. The van der Waals surface area contributed by atoms with Crippen molar-refractivity contribution in [3.8, 4) is 17.1 Å². The van der Waals surface area contributed by atoms with Crippen LogP contribution in [0.3, 0.4) is 0 Å². The van der Waals surface area contributed by atoms with Crippen molar-refractivity contribution in [1.82, 2.24) is 14.9 Å². The molecule has 28 heavy (non-hydrogen) atoms. The van der Waals surface area contributed by atoms with Crippen molar-refractivity contribution >= 4 is 17.8 Å². The Morgan fingerprint density at radius 2 is 2.21 bits per heavy atom. The highest BCUT2D eigenvalue weighted by Crippen LogP contribution is 2.35. The molecule has 1 N–H and O–H groups in total. The minimum absolute atomic E-state index is 0.168.